The van der Waals surface area contributed by atoms with E-state index in [1.54, 1.807) is 0 Å². The van der Waals surface area contributed by atoms with Gasteiger partial charge in [0.2, 0.25) is 0 Å². The Balaban J connectivity index is 2.57. The second-order valence-corrected chi connectivity index (χ2v) is 5.41. The Morgan fingerprint density at radius 2 is 1.89 bits per heavy atom. The molecule has 0 aliphatic carbocycles. The molecule has 0 saturated heterocycles. The SMILES string of the molecule is CC(C)C(C)N(C)c1nc(CO)cc2ccccc12. The van der Waals surface area contributed by atoms with Crippen LogP contribution in [0.2, 0.25) is 0 Å². The van der Waals surface area contributed by atoms with Crippen molar-refractivity contribution in [3.05, 3.63) is 36.0 Å². The number of hydrogen-bond donors (Lipinski definition) is 1. The third kappa shape index (κ3) is 2.71. The zero-order valence-electron chi connectivity index (χ0n) is 12.1. The van der Waals surface area contributed by atoms with Gasteiger partial charge in [0, 0.05) is 18.5 Å². The summed E-state index contributed by atoms with van der Waals surface area (Å²) in [5.74, 6) is 1.49. The molecule has 2 aromatic rings. The zero-order valence-corrected chi connectivity index (χ0v) is 12.1. The highest BCUT2D eigenvalue weighted by Crippen LogP contribution is 2.27. The first-order valence-electron chi connectivity index (χ1n) is 6.77. The molecule has 0 bridgehead atoms. The third-order valence-electron chi connectivity index (χ3n) is 3.85. The lowest BCUT2D eigenvalue weighted by atomic mass is 10.0. The summed E-state index contributed by atoms with van der Waals surface area (Å²) in [6, 6.07) is 10.5. The predicted octanol–water partition coefficient (Wildman–Crippen LogP) is 3.21. The van der Waals surface area contributed by atoms with E-state index >= 15 is 0 Å². The minimum atomic E-state index is -0.0261. The monoisotopic (exact) mass is 258 g/mol. The van der Waals surface area contributed by atoms with E-state index in [1.807, 2.05) is 18.2 Å². The van der Waals surface area contributed by atoms with Gasteiger partial charge in [0.05, 0.1) is 12.3 Å². The Morgan fingerprint density at radius 3 is 2.53 bits per heavy atom. The molecule has 0 fully saturated rings. The van der Waals surface area contributed by atoms with Crippen LogP contribution in [-0.4, -0.2) is 23.2 Å². The van der Waals surface area contributed by atoms with Crippen molar-refractivity contribution in [2.75, 3.05) is 11.9 Å². The zero-order chi connectivity index (χ0) is 14.0. The van der Waals surface area contributed by atoms with Crippen LogP contribution in [0, 0.1) is 5.92 Å². The van der Waals surface area contributed by atoms with Crippen molar-refractivity contribution in [2.45, 2.75) is 33.4 Å². The second kappa shape index (κ2) is 5.57. The van der Waals surface area contributed by atoms with Crippen LogP contribution < -0.4 is 4.90 Å². The number of pyridine rings is 1. The average Bonchev–Trinajstić information content (AvgIpc) is 2.44. The highest BCUT2D eigenvalue weighted by molar-refractivity contribution is 5.92. The van der Waals surface area contributed by atoms with Gasteiger partial charge in [-0.1, -0.05) is 38.1 Å². The van der Waals surface area contributed by atoms with Gasteiger partial charge >= 0.3 is 0 Å². The largest absolute Gasteiger partial charge is 0.390 e. The van der Waals surface area contributed by atoms with E-state index in [1.165, 1.54) is 0 Å². The van der Waals surface area contributed by atoms with Crippen molar-refractivity contribution < 1.29 is 5.11 Å². The van der Waals surface area contributed by atoms with Gasteiger partial charge in [-0.25, -0.2) is 4.98 Å². The van der Waals surface area contributed by atoms with Crippen LogP contribution in [0.1, 0.15) is 26.5 Å². The molecule has 3 nitrogen and oxygen atoms in total. The fourth-order valence-corrected chi connectivity index (χ4v) is 2.22. The molecule has 1 aromatic carbocycles. The molecule has 102 valence electrons. The third-order valence-corrected chi connectivity index (χ3v) is 3.85. The molecule has 1 N–H and O–H groups in total. The molecule has 1 heterocycles. The summed E-state index contributed by atoms with van der Waals surface area (Å²) in [6.45, 7) is 6.59. The molecule has 0 radical (unpaired) electrons. The summed E-state index contributed by atoms with van der Waals surface area (Å²) in [4.78, 5) is 6.80. The van der Waals surface area contributed by atoms with Crippen molar-refractivity contribution in [1.82, 2.24) is 4.98 Å². The summed E-state index contributed by atoms with van der Waals surface area (Å²) in [5, 5.41) is 11.6. The molecule has 3 heteroatoms. The van der Waals surface area contributed by atoms with E-state index in [0.29, 0.717) is 12.0 Å². The van der Waals surface area contributed by atoms with E-state index in [2.05, 4.69) is 49.8 Å². The highest BCUT2D eigenvalue weighted by atomic mass is 16.3. The number of hydrogen-bond acceptors (Lipinski definition) is 3. The number of aliphatic hydroxyl groups is 1. The van der Waals surface area contributed by atoms with Crippen molar-refractivity contribution in [3.8, 4) is 0 Å². The molecule has 0 amide bonds. The first-order chi connectivity index (χ1) is 9.04. The maximum Gasteiger partial charge on any atom is 0.136 e. The standard InChI is InChI=1S/C16H22N2O/c1-11(2)12(3)18(4)16-15-8-6-5-7-13(15)9-14(10-19)17-16/h5-9,11-12,19H,10H2,1-4H3. The van der Waals surface area contributed by atoms with Gasteiger partial charge in [0.1, 0.15) is 5.82 Å². The van der Waals surface area contributed by atoms with Crippen molar-refractivity contribution in [1.29, 1.82) is 0 Å². The lowest BCUT2D eigenvalue weighted by Crippen LogP contribution is -2.34. The van der Waals surface area contributed by atoms with Crippen LogP contribution in [0.4, 0.5) is 5.82 Å². The van der Waals surface area contributed by atoms with Gasteiger partial charge < -0.3 is 10.0 Å². The van der Waals surface area contributed by atoms with Crippen LogP contribution >= 0.6 is 0 Å². The van der Waals surface area contributed by atoms with E-state index in [0.717, 1.165) is 22.3 Å². The van der Waals surface area contributed by atoms with E-state index in [4.69, 9.17) is 0 Å². The van der Waals surface area contributed by atoms with E-state index < -0.39 is 0 Å². The van der Waals surface area contributed by atoms with Crippen LogP contribution in [0.5, 0.6) is 0 Å². The summed E-state index contributed by atoms with van der Waals surface area (Å²) in [7, 11) is 2.07. The fourth-order valence-electron chi connectivity index (χ4n) is 2.22. The first kappa shape index (κ1) is 13.8. The summed E-state index contributed by atoms with van der Waals surface area (Å²) in [6.07, 6.45) is 0. The highest BCUT2D eigenvalue weighted by Gasteiger charge is 2.17. The number of nitrogens with zero attached hydrogens (tertiary/aromatic N) is 2. The lowest BCUT2D eigenvalue weighted by Gasteiger charge is -2.30. The van der Waals surface area contributed by atoms with Crippen molar-refractivity contribution >= 4 is 16.6 Å². The molecule has 0 spiro atoms. The van der Waals surface area contributed by atoms with Crippen molar-refractivity contribution in [2.24, 2.45) is 5.92 Å². The number of benzene rings is 1. The van der Waals surface area contributed by atoms with Crippen LogP contribution in [-0.2, 0) is 6.61 Å². The van der Waals surface area contributed by atoms with Gasteiger partial charge in [-0.2, -0.15) is 0 Å². The van der Waals surface area contributed by atoms with Gasteiger partial charge in [-0.05, 0) is 24.3 Å². The molecule has 2 rings (SSSR count). The van der Waals surface area contributed by atoms with E-state index in [-0.39, 0.29) is 6.61 Å². The van der Waals surface area contributed by atoms with Crippen LogP contribution in [0.25, 0.3) is 10.8 Å². The molecule has 1 atom stereocenters. The quantitative estimate of drug-likeness (QED) is 0.915. The Labute approximate surface area is 114 Å². The summed E-state index contributed by atoms with van der Waals surface area (Å²) in [5.41, 5.74) is 0.719. The molecule has 1 unspecified atom stereocenters. The Bertz CT molecular complexity index is 566. The van der Waals surface area contributed by atoms with Crippen LogP contribution in [0.3, 0.4) is 0 Å². The summed E-state index contributed by atoms with van der Waals surface area (Å²) >= 11 is 0. The molecular formula is C16H22N2O. The van der Waals surface area contributed by atoms with Gasteiger partial charge in [0.25, 0.3) is 0 Å². The number of rotatable bonds is 4. The Hall–Kier alpha value is -1.61. The average molecular weight is 258 g/mol. The van der Waals surface area contributed by atoms with Gasteiger partial charge in [-0.15, -0.1) is 0 Å². The second-order valence-electron chi connectivity index (χ2n) is 5.41. The molecular weight excluding hydrogens is 236 g/mol. The maximum atomic E-state index is 9.37. The van der Waals surface area contributed by atoms with Crippen LogP contribution in [0.15, 0.2) is 30.3 Å². The number of aromatic nitrogens is 1. The first-order valence-corrected chi connectivity index (χ1v) is 6.77. The minimum Gasteiger partial charge on any atom is -0.390 e. The Morgan fingerprint density at radius 1 is 1.21 bits per heavy atom. The number of fused-ring (bicyclic) bond motifs is 1. The molecule has 1 aromatic heterocycles. The van der Waals surface area contributed by atoms with E-state index in [9.17, 15) is 5.11 Å². The molecule has 0 saturated carbocycles. The molecule has 19 heavy (non-hydrogen) atoms. The fraction of sp³-hybridized carbons (Fsp3) is 0.438. The normalized spacial score (nSPS) is 12.9. The van der Waals surface area contributed by atoms with Crippen molar-refractivity contribution in [3.63, 3.8) is 0 Å². The summed E-state index contributed by atoms with van der Waals surface area (Å²) < 4.78 is 0. The van der Waals surface area contributed by atoms with Gasteiger partial charge in [0.15, 0.2) is 0 Å². The molecule has 0 aliphatic rings. The predicted molar refractivity (Wildman–Crippen MR) is 80.4 cm³/mol. The smallest absolute Gasteiger partial charge is 0.136 e. The lowest BCUT2D eigenvalue weighted by molar-refractivity contribution is 0.277. The number of anilines is 1. The molecule has 0 aliphatic heterocycles. The minimum absolute atomic E-state index is 0.0261. The van der Waals surface area contributed by atoms with Gasteiger partial charge in [-0.3, -0.25) is 0 Å². The topological polar surface area (TPSA) is 36.4 Å². The maximum absolute atomic E-state index is 9.37. The Kier molecular flexibility index (Phi) is 4.05. The number of aliphatic hydroxyl groups excluding tert-OH is 1.